The minimum absolute atomic E-state index is 0.00331. The van der Waals surface area contributed by atoms with Crippen molar-refractivity contribution in [1.82, 2.24) is 14.4 Å². The highest BCUT2D eigenvalue weighted by Crippen LogP contribution is 2.24. The molecule has 0 aliphatic rings. The smallest absolute Gasteiger partial charge is 0.269 e. The first-order valence-corrected chi connectivity index (χ1v) is 7.75. The third-order valence-corrected chi connectivity index (χ3v) is 4.18. The third-order valence-electron chi connectivity index (χ3n) is 3.22. The van der Waals surface area contributed by atoms with Crippen molar-refractivity contribution in [3.63, 3.8) is 0 Å². The predicted molar refractivity (Wildman–Crippen MR) is 86.7 cm³/mol. The number of aryl methyl sites for hydroxylation is 1. The van der Waals surface area contributed by atoms with Gasteiger partial charge in [0.05, 0.1) is 15.6 Å². The standard InChI is InChI=1S/C15H12N4O3S/c1-10-12(19(21)22)5-6-14(16-10)23-9-11-8-15(20)18-7-3-2-4-13(18)17-11/h2-8H,9H2,1H3. The fourth-order valence-electron chi connectivity index (χ4n) is 2.13. The second-order valence-corrected chi connectivity index (χ2v) is 5.81. The van der Waals surface area contributed by atoms with Gasteiger partial charge in [0.2, 0.25) is 0 Å². The highest BCUT2D eigenvalue weighted by Gasteiger charge is 2.12. The topological polar surface area (TPSA) is 90.4 Å². The molecule has 8 heteroatoms. The van der Waals surface area contributed by atoms with E-state index in [0.29, 0.717) is 27.8 Å². The van der Waals surface area contributed by atoms with Crippen LogP contribution < -0.4 is 5.56 Å². The summed E-state index contributed by atoms with van der Waals surface area (Å²) in [7, 11) is 0. The van der Waals surface area contributed by atoms with E-state index in [1.807, 2.05) is 6.07 Å². The SMILES string of the molecule is Cc1nc(SCc2cc(=O)n3ccccc3n2)ccc1[N+](=O)[O-]. The van der Waals surface area contributed by atoms with Gasteiger partial charge in [0, 0.05) is 24.1 Å². The molecular weight excluding hydrogens is 316 g/mol. The van der Waals surface area contributed by atoms with E-state index in [1.54, 1.807) is 31.3 Å². The molecule has 7 nitrogen and oxygen atoms in total. The first-order valence-electron chi connectivity index (χ1n) is 6.77. The molecule has 0 saturated heterocycles. The fraction of sp³-hybridized carbons (Fsp3) is 0.133. The summed E-state index contributed by atoms with van der Waals surface area (Å²) in [6.07, 6.45) is 1.67. The van der Waals surface area contributed by atoms with E-state index < -0.39 is 4.92 Å². The molecule has 0 spiro atoms. The van der Waals surface area contributed by atoms with Crippen LogP contribution >= 0.6 is 11.8 Å². The molecule has 0 atom stereocenters. The quantitative estimate of drug-likeness (QED) is 0.415. The number of nitrogens with zero attached hydrogens (tertiary/aromatic N) is 4. The molecule has 3 aromatic rings. The number of pyridine rings is 2. The summed E-state index contributed by atoms with van der Waals surface area (Å²) in [6.45, 7) is 1.60. The lowest BCUT2D eigenvalue weighted by atomic mass is 10.3. The summed E-state index contributed by atoms with van der Waals surface area (Å²) >= 11 is 1.38. The van der Waals surface area contributed by atoms with Crippen molar-refractivity contribution in [2.24, 2.45) is 0 Å². The van der Waals surface area contributed by atoms with Gasteiger partial charge in [0.25, 0.3) is 11.2 Å². The van der Waals surface area contributed by atoms with Crippen LogP contribution in [-0.4, -0.2) is 19.3 Å². The summed E-state index contributed by atoms with van der Waals surface area (Å²) < 4.78 is 1.47. The largest absolute Gasteiger partial charge is 0.290 e. The van der Waals surface area contributed by atoms with E-state index in [1.165, 1.54) is 28.3 Å². The third kappa shape index (κ3) is 3.21. The Labute approximate surface area is 135 Å². The van der Waals surface area contributed by atoms with Crippen LogP contribution in [0.15, 0.2) is 52.4 Å². The molecule has 0 aliphatic heterocycles. The Bertz CT molecular complexity index is 955. The maximum absolute atomic E-state index is 12.0. The van der Waals surface area contributed by atoms with Crippen LogP contribution in [0, 0.1) is 17.0 Å². The maximum atomic E-state index is 12.0. The zero-order valence-electron chi connectivity index (χ0n) is 12.2. The first kappa shape index (κ1) is 15.2. The van der Waals surface area contributed by atoms with Crippen molar-refractivity contribution in [2.45, 2.75) is 17.7 Å². The van der Waals surface area contributed by atoms with Crippen LogP contribution in [0.2, 0.25) is 0 Å². The molecule has 0 radical (unpaired) electrons. The zero-order chi connectivity index (χ0) is 16.4. The molecule has 116 valence electrons. The Kier molecular flexibility index (Phi) is 4.07. The van der Waals surface area contributed by atoms with Crippen molar-refractivity contribution < 1.29 is 4.92 Å². The highest BCUT2D eigenvalue weighted by molar-refractivity contribution is 7.98. The molecule has 0 aliphatic carbocycles. The predicted octanol–water partition coefficient (Wildman–Crippen LogP) is 2.60. The lowest BCUT2D eigenvalue weighted by molar-refractivity contribution is -0.385. The van der Waals surface area contributed by atoms with Crippen molar-refractivity contribution in [3.8, 4) is 0 Å². The van der Waals surface area contributed by atoms with Crippen LogP contribution in [0.5, 0.6) is 0 Å². The Morgan fingerprint density at radius 3 is 2.83 bits per heavy atom. The molecule has 0 amide bonds. The van der Waals surface area contributed by atoms with Gasteiger partial charge >= 0.3 is 0 Å². The van der Waals surface area contributed by atoms with E-state index >= 15 is 0 Å². The van der Waals surface area contributed by atoms with Crippen molar-refractivity contribution >= 4 is 23.1 Å². The number of rotatable bonds is 4. The summed E-state index contributed by atoms with van der Waals surface area (Å²) in [5.41, 5.74) is 1.45. The van der Waals surface area contributed by atoms with Crippen LogP contribution in [0.3, 0.4) is 0 Å². The minimum Gasteiger partial charge on any atom is -0.269 e. The van der Waals surface area contributed by atoms with Crippen LogP contribution in [-0.2, 0) is 5.75 Å². The molecule has 0 unspecified atom stereocenters. The molecule has 0 N–H and O–H groups in total. The van der Waals surface area contributed by atoms with Gasteiger partial charge in [-0.1, -0.05) is 6.07 Å². The minimum atomic E-state index is -0.456. The van der Waals surface area contributed by atoms with E-state index in [9.17, 15) is 14.9 Å². The summed E-state index contributed by atoms with van der Waals surface area (Å²) in [6, 6.07) is 9.88. The van der Waals surface area contributed by atoms with Crippen molar-refractivity contribution in [3.05, 3.63) is 74.5 Å². The lowest BCUT2D eigenvalue weighted by Crippen LogP contribution is -2.14. The molecular formula is C15H12N4O3S. The number of thioether (sulfide) groups is 1. The Hall–Kier alpha value is -2.74. The van der Waals surface area contributed by atoms with Crippen molar-refractivity contribution in [1.29, 1.82) is 0 Å². The van der Waals surface area contributed by atoms with Gasteiger partial charge < -0.3 is 0 Å². The van der Waals surface area contributed by atoms with Gasteiger partial charge in [0.15, 0.2) is 0 Å². The Morgan fingerprint density at radius 2 is 2.09 bits per heavy atom. The summed E-state index contributed by atoms with van der Waals surface area (Å²) in [4.78, 5) is 31.0. The first-order chi connectivity index (χ1) is 11.0. The van der Waals surface area contributed by atoms with Gasteiger partial charge in [-0.2, -0.15) is 0 Å². The number of hydrogen-bond donors (Lipinski definition) is 0. The highest BCUT2D eigenvalue weighted by atomic mass is 32.2. The fourth-order valence-corrected chi connectivity index (χ4v) is 2.94. The monoisotopic (exact) mass is 328 g/mol. The molecule has 23 heavy (non-hydrogen) atoms. The molecule has 0 saturated carbocycles. The van der Waals surface area contributed by atoms with Crippen LogP contribution in [0.4, 0.5) is 5.69 Å². The van der Waals surface area contributed by atoms with Gasteiger partial charge in [-0.3, -0.25) is 19.3 Å². The van der Waals surface area contributed by atoms with Crippen LogP contribution in [0.1, 0.15) is 11.4 Å². The average Bonchev–Trinajstić information content (AvgIpc) is 2.53. The number of aromatic nitrogens is 3. The molecule has 0 aromatic carbocycles. The lowest BCUT2D eigenvalue weighted by Gasteiger charge is -2.04. The van der Waals surface area contributed by atoms with E-state index in [-0.39, 0.29) is 11.2 Å². The molecule has 0 bridgehead atoms. The number of nitro groups is 1. The van der Waals surface area contributed by atoms with Gasteiger partial charge in [0.1, 0.15) is 11.3 Å². The number of fused-ring (bicyclic) bond motifs is 1. The second kappa shape index (κ2) is 6.17. The number of hydrogen-bond acceptors (Lipinski definition) is 6. The average molecular weight is 328 g/mol. The van der Waals surface area contributed by atoms with Crippen LogP contribution in [0.25, 0.3) is 5.65 Å². The normalized spacial score (nSPS) is 10.8. The summed E-state index contributed by atoms with van der Waals surface area (Å²) in [5, 5.41) is 11.4. The maximum Gasteiger partial charge on any atom is 0.290 e. The molecule has 0 fully saturated rings. The Balaban J connectivity index is 1.82. The van der Waals surface area contributed by atoms with Gasteiger partial charge in [-0.05, 0) is 25.1 Å². The van der Waals surface area contributed by atoms with E-state index in [4.69, 9.17) is 0 Å². The van der Waals surface area contributed by atoms with Crippen molar-refractivity contribution in [2.75, 3.05) is 0 Å². The molecule has 3 rings (SSSR count). The van der Waals surface area contributed by atoms with Gasteiger partial charge in [-0.15, -0.1) is 11.8 Å². The zero-order valence-corrected chi connectivity index (χ0v) is 13.0. The van der Waals surface area contributed by atoms with Gasteiger partial charge in [-0.25, -0.2) is 9.97 Å². The molecule has 3 heterocycles. The Morgan fingerprint density at radius 1 is 1.26 bits per heavy atom. The molecule has 3 aromatic heterocycles. The summed E-state index contributed by atoms with van der Waals surface area (Å²) in [5.74, 6) is 0.463. The van der Waals surface area contributed by atoms with E-state index in [2.05, 4.69) is 9.97 Å². The van der Waals surface area contributed by atoms with E-state index in [0.717, 1.165) is 0 Å². The second-order valence-electron chi connectivity index (χ2n) is 4.81.